The lowest BCUT2D eigenvalue weighted by Crippen LogP contribution is -2.35. The predicted molar refractivity (Wildman–Crippen MR) is 82.6 cm³/mol. The predicted octanol–water partition coefficient (Wildman–Crippen LogP) is 3.55. The minimum Gasteiger partial charge on any atom is -0.492 e. The van der Waals surface area contributed by atoms with Gasteiger partial charge in [-0.25, -0.2) is 4.98 Å². The molecule has 3 rings (SSSR count). The molecule has 0 radical (unpaired) electrons. The monoisotopic (exact) mass is 306 g/mol. The van der Waals surface area contributed by atoms with Crippen LogP contribution in [0, 0.1) is 0 Å². The highest BCUT2D eigenvalue weighted by Crippen LogP contribution is 2.40. The second-order valence-electron chi connectivity index (χ2n) is 4.56. The number of nitrogens with zero attached hydrogens (tertiary/aromatic N) is 1. The first-order chi connectivity index (χ1) is 9.79. The first-order valence-corrected chi connectivity index (χ1v) is 7.71. The van der Waals surface area contributed by atoms with Gasteiger partial charge in [0.25, 0.3) is 0 Å². The number of thioether (sulfide) groups is 1. The average Bonchev–Trinajstić information content (AvgIpc) is 2.49. The van der Waals surface area contributed by atoms with Gasteiger partial charge in [-0.3, -0.25) is 0 Å². The highest BCUT2D eigenvalue weighted by molar-refractivity contribution is 8.00. The first kappa shape index (κ1) is 13.7. The fourth-order valence-electron chi connectivity index (χ4n) is 2.38. The second-order valence-corrected chi connectivity index (χ2v) is 6.20. The summed E-state index contributed by atoms with van der Waals surface area (Å²) in [6, 6.07) is 12.1. The molecule has 1 N–H and O–H groups in total. The summed E-state index contributed by atoms with van der Waals surface area (Å²) in [5.74, 6) is 0.954. The van der Waals surface area contributed by atoms with Crippen LogP contribution >= 0.6 is 23.4 Å². The summed E-state index contributed by atoms with van der Waals surface area (Å²) in [5.41, 5.74) is 1.19. The minimum absolute atomic E-state index is 0.225. The van der Waals surface area contributed by atoms with Crippen molar-refractivity contribution in [3.8, 4) is 5.75 Å². The summed E-state index contributed by atoms with van der Waals surface area (Å²) < 4.78 is 5.85. The molecule has 0 saturated heterocycles. The van der Waals surface area contributed by atoms with Crippen LogP contribution in [0.2, 0.25) is 5.02 Å². The Morgan fingerprint density at radius 3 is 2.95 bits per heavy atom. The second kappa shape index (κ2) is 6.04. The van der Waals surface area contributed by atoms with Crippen LogP contribution in [0.25, 0.3) is 0 Å². The fraction of sp³-hybridized carbons (Fsp3) is 0.267. The zero-order valence-electron chi connectivity index (χ0n) is 11.0. The van der Waals surface area contributed by atoms with Gasteiger partial charge < -0.3 is 10.1 Å². The van der Waals surface area contributed by atoms with E-state index in [1.165, 1.54) is 5.56 Å². The van der Waals surface area contributed by atoms with E-state index in [4.69, 9.17) is 16.3 Å². The molecule has 1 aromatic heterocycles. The third kappa shape index (κ3) is 2.64. The van der Waals surface area contributed by atoms with Crippen LogP contribution in [-0.2, 0) is 0 Å². The topological polar surface area (TPSA) is 34.1 Å². The minimum atomic E-state index is 0.225. The molecule has 0 bridgehead atoms. The maximum Gasteiger partial charge on any atom is 0.124 e. The molecule has 2 atom stereocenters. The number of hydrogen-bond donors (Lipinski definition) is 1. The van der Waals surface area contributed by atoms with Crippen LogP contribution in [0.1, 0.15) is 11.6 Å². The van der Waals surface area contributed by atoms with E-state index in [1.54, 1.807) is 18.0 Å². The molecule has 0 fully saturated rings. The number of pyridine rings is 1. The molecule has 3 nitrogen and oxygen atoms in total. The lowest BCUT2D eigenvalue weighted by Gasteiger charge is -2.32. The SMILES string of the molecule is CNC1c2ccccc2OCC1Sc1ncccc1Cl. The largest absolute Gasteiger partial charge is 0.492 e. The van der Waals surface area contributed by atoms with E-state index >= 15 is 0 Å². The Bertz CT molecular complexity index is 608. The summed E-state index contributed by atoms with van der Waals surface area (Å²) >= 11 is 7.85. The molecule has 0 spiro atoms. The maximum absolute atomic E-state index is 6.19. The third-order valence-electron chi connectivity index (χ3n) is 3.33. The Morgan fingerprint density at radius 2 is 2.15 bits per heavy atom. The zero-order chi connectivity index (χ0) is 13.9. The molecular weight excluding hydrogens is 292 g/mol. The zero-order valence-corrected chi connectivity index (χ0v) is 12.6. The average molecular weight is 307 g/mol. The number of rotatable bonds is 3. The summed E-state index contributed by atoms with van der Waals surface area (Å²) in [5, 5.41) is 5.15. The smallest absolute Gasteiger partial charge is 0.124 e. The van der Waals surface area contributed by atoms with Crippen molar-refractivity contribution in [1.82, 2.24) is 10.3 Å². The fourth-order valence-corrected chi connectivity index (χ4v) is 3.78. The van der Waals surface area contributed by atoms with Gasteiger partial charge in [0.05, 0.1) is 16.3 Å². The van der Waals surface area contributed by atoms with Gasteiger partial charge in [-0.05, 0) is 25.2 Å². The third-order valence-corrected chi connectivity index (χ3v) is 5.00. The van der Waals surface area contributed by atoms with Crippen molar-refractivity contribution in [2.24, 2.45) is 0 Å². The van der Waals surface area contributed by atoms with Gasteiger partial charge >= 0.3 is 0 Å². The van der Waals surface area contributed by atoms with Gasteiger partial charge in [-0.15, -0.1) is 0 Å². The van der Waals surface area contributed by atoms with Crippen LogP contribution in [-0.4, -0.2) is 23.9 Å². The van der Waals surface area contributed by atoms with Crippen LogP contribution < -0.4 is 10.1 Å². The Balaban J connectivity index is 1.87. The van der Waals surface area contributed by atoms with E-state index in [-0.39, 0.29) is 11.3 Å². The molecule has 0 amide bonds. The lowest BCUT2D eigenvalue weighted by atomic mass is 10.0. The number of benzene rings is 1. The normalized spacial score (nSPS) is 21.1. The maximum atomic E-state index is 6.19. The molecule has 104 valence electrons. The van der Waals surface area contributed by atoms with E-state index < -0.39 is 0 Å². The molecule has 2 unspecified atom stereocenters. The lowest BCUT2D eigenvalue weighted by molar-refractivity contribution is 0.265. The molecule has 0 aliphatic carbocycles. The first-order valence-electron chi connectivity index (χ1n) is 6.46. The highest BCUT2D eigenvalue weighted by atomic mass is 35.5. The van der Waals surface area contributed by atoms with E-state index in [0.29, 0.717) is 11.6 Å². The van der Waals surface area contributed by atoms with Crippen molar-refractivity contribution in [1.29, 1.82) is 0 Å². The van der Waals surface area contributed by atoms with Gasteiger partial charge in [0.1, 0.15) is 17.4 Å². The summed E-state index contributed by atoms with van der Waals surface area (Å²) in [6.45, 7) is 0.639. The van der Waals surface area contributed by atoms with Gasteiger partial charge in [0.2, 0.25) is 0 Å². The number of aromatic nitrogens is 1. The number of ether oxygens (including phenoxy) is 1. The Labute approximate surface area is 127 Å². The summed E-state index contributed by atoms with van der Waals surface area (Å²) in [4.78, 5) is 4.34. The number of nitrogens with one attached hydrogen (secondary N) is 1. The van der Waals surface area contributed by atoms with Crippen LogP contribution in [0.5, 0.6) is 5.75 Å². The highest BCUT2D eigenvalue weighted by Gasteiger charge is 2.31. The van der Waals surface area contributed by atoms with E-state index in [9.17, 15) is 0 Å². The quantitative estimate of drug-likeness (QED) is 0.940. The Hall–Kier alpha value is -1.23. The molecule has 1 aliphatic heterocycles. The molecular formula is C15H15ClN2OS. The Kier molecular flexibility index (Phi) is 4.15. The molecule has 1 aliphatic rings. The standard InChI is InChI=1S/C15H15ClN2OS/c1-17-14-10-5-2-3-7-12(10)19-9-13(14)20-15-11(16)6-4-8-18-15/h2-8,13-14,17H,9H2,1H3. The molecule has 1 aromatic carbocycles. The van der Waals surface area contributed by atoms with Crippen molar-refractivity contribution >= 4 is 23.4 Å². The Morgan fingerprint density at radius 1 is 1.30 bits per heavy atom. The molecule has 2 aromatic rings. The van der Waals surface area contributed by atoms with Crippen molar-refractivity contribution in [3.63, 3.8) is 0 Å². The van der Waals surface area contributed by atoms with E-state index in [2.05, 4.69) is 16.4 Å². The van der Waals surface area contributed by atoms with Crippen LogP contribution in [0.15, 0.2) is 47.6 Å². The van der Waals surface area contributed by atoms with Crippen molar-refractivity contribution in [3.05, 3.63) is 53.2 Å². The molecule has 20 heavy (non-hydrogen) atoms. The molecule has 0 saturated carbocycles. The van der Waals surface area contributed by atoms with Crippen molar-refractivity contribution in [2.75, 3.05) is 13.7 Å². The molecule has 2 heterocycles. The van der Waals surface area contributed by atoms with E-state index in [0.717, 1.165) is 10.8 Å². The number of fused-ring (bicyclic) bond motifs is 1. The number of hydrogen-bond acceptors (Lipinski definition) is 4. The van der Waals surface area contributed by atoms with Gasteiger partial charge in [0.15, 0.2) is 0 Å². The summed E-state index contributed by atoms with van der Waals surface area (Å²) in [7, 11) is 1.97. The van der Waals surface area contributed by atoms with Crippen molar-refractivity contribution in [2.45, 2.75) is 16.3 Å². The van der Waals surface area contributed by atoms with Crippen molar-refractivity contribution < 1.29 is 4.74 Å². The van der Waals surface area contributed by atoms with Gasteiger partial charge in [-0.2, -0.15) is 0 Å². The van der Waals surface area contributed by atoms with E-state index in [1.807, 2.05) is 37.4 Å². The van der Waals surface area contributed by atoms with Gasteiger partial charge in [0, 0.05) is 11.8 Å². The van der Waals surface area contributed by atoms with Crippen LogP contribution in [0.4, 0.5) is 0 Å². The van der Waals surface area contributed by atoms with Gasteiger partial charge in [-0.1, -0.05) is 41.6 Å². The number of para-hydroxylation sites is 1. The summed E-state index contributed by atoms with van der Waals surface area (Å²) in [6.07, 6.45) is 1.76. The number of halogens is 1. The molecule has 5 heteroatoms. The van der Waals surface area contributed by atoms with Crippen LogP contribution in [0.3, 0.4) is 0 Å².